The zero-order valence-electron chi connectivity index (χ0n) is 9.77. The molecule has 0 heterocycles. The number of hydrogen-bond acceptors (Lipinski definition) is 2. The van der Waals surface area contributed by atoms with Crippen LogP contribution >= 0.6 is 11.8 Å². The molecule has 86 valence electrons. The van der Waals surface area contributed by atoms with Gasteiger partial charge in [-0.2, -0.15) is 11.8 Å². The Kier molecular flexibility index (Phi) is 3.64. The Morgan fingerprint density at radius 2 is 1.88 bits per heavy atom. The van der Waals surface area contributed by atoms with Crippen LogP contribution in [0.5, 0.6) is 0 Å². The lowest BCUT2D eigenvalue weighted by molar-refractivity contribution is 0.103. The van der Waals surface area contributed by atoms with Crippen LogP contribution in [0.1, 0.15) is 10.4 Å². The molecule has 2 heteroatoms. The molecule has 0 radical (unpaired) electrons. The Balaban J connectivity index is 2.36. The van der Waals surface area contributed by atoms with Gasteiger partial charge in [-0.25, -0.2) is 0 Å². The first-order valence-electron chi connectivity index (χ1n) is 5.42. The fraction of sp³-hybridized carbons (Fsp3) is 0.133. The number of carbonyl (C=O) groups is 1. The van der Waals surface area contributed by atoms with Crippen molar-refractivity contribution in [2.75, 3.05) is 12.0 Å². The Morgan fingerprint density at radius 1 is 1.18 bits per heavy atom. The summed E-state index contributed by atoms with van der Waals surface area (Å²) in [5.41, 5.74) is 1.38. The first-order valence-corrected chi connectivity index (χ1v) is 6.82. The van der Waals surface area contributed by atoms with Crippen LogP contribution in [0.4, 0.5) is 0 Å². The number of benzene rings is 2. The van der Waals surface area contributed by atoms with Gasteiger partial charge in [0.1, 0.15) is 0 Å². The predicted molar refractivity (Wildman–Crippen MR) is 75.8 cm³/mol. The number of Topliss-reactive ketones (excluding diaryl/α,β-unsaturated/α-hetero) is 1. The van der Waals surface area contributed by atoms with Gasteiger partial charge in [-0.15, -0.1) is 0 Å². The largest absolute Gasteiger partial charge is 0.289 e. The molecule has 0 aliphatic heterocycles. The molecule has 0 unspecified atom stereocenters. The second-order valence-electron chi connectivity index (χ2n) is 3.93. The average Bonchev–Trinajstić information content (AvgIpc) is 2.37. The maximum absolute atomic E-state index is 12.1. The molecule has 2 rings (SSSR count). The van der Waals surface area contributed by atoms with Crippen LogP contribution in [0, 0.1) is 0 Å². The Hall–Kier alpha value is -1.54. The van der Waals surface area contributed by atoms with Gasteiger partial charge in [0, 0.05) is 16.9 Å². The first-order chi connectivity index (χ1) is 8.22. The van der Waals surface area contributed by atoms with Crippen LogP contribution in [0.2, 0.25) is 0 Å². The summed E-state index contributed by atoms with van der Waals surface area (Å²) in [5, 5.41) is 2.25. The van der Waals surface area contributed by atoms with E-state index in [0.29, 0.717) is 11.3 Å². The monoisotopic (exact) mass is 242 g/mol. The second kappa shape index (κ2) is 5.19. The average molecular weight is 242 g/mol. The van der Waals surface area contributed by atoms with Crippen LogP contribution in [0.3, 0.4) is 0 Å². The molecule has 0 bridgehead atoms. The highest BCUT2D eigenvalue weighted by atomic mass is 32.2. The van der Waals surface area contributed by atoms with E-state index in [4.69, 9.17) is 0 Å². The molecule has 0 spiro atoms. The molecular weight excluding hydrogens is 228 g/mol. The van der Waals surface area contributed by atoms with Crippen molar-refractivity contribution in [1.29, 1.82) is 0 Å². The van der Waals surface area contributed by atoms with Gasteiger partial charge in [0.2, 0.25) is 0 Å². The zero-order chi connectivity index (χ0) is 12.3. The molecule has 1 nitrogen and oxygen atoms in total. The molecular formula is C15H14OS. The van der Waals surface area contributed by atoms with Crippen molar-refractivity contribution in [3.8, 4) is 0 Å². The molecule has 2 aromatic rings. The molecule has 0 saturated carbocycles. The highest BCUT2D eigenvalue weighted by molar-refractivity contribution is 7.98. The third-order valence-corrected chi connectivity index (χ3v) is 3.29. The maximum atomic E-state index is 12.1. The van der Waals surface area contributed by atoms with E-state index >= 15 is 0 Å². The molecule has 0 fully saturated rings. The lowest BCUT2D eigenvalue weighted by atomic mass is 10.0. The number of rotatable bonds is 4. The number of hydrogen-bond donors (Lipinski definition) is 0. The van der Waals surface area contributed by atoms with Crippen molar-refractivity contribution in [2.45, 2.75) is 0 Å². The van der Waals surface area contributed by atoms with E-state index in [1.54, 1.807) is 11.8 Å². The standard InChI is InChI=1S/C15H14OS/c1-11(10-17-2)15(16)14-8-7-12-5-3-4-6-13(12)9-14/h3-9H,1,10H2,2H3. The van der Waals surface area contributed by atoms with E-state index in [9.17, 15) is 4.79 Å². The van der Waals surface area contributed by atoms with Gasteiger partial charge in [0.25, 0.3) is 0 Å². The van der Waals surface area contributed by atoms with E-state index in [0.717, 1.165) is 16.3 Å². The Bertz CT molecular complexity index is 572. The van der Waals surface area contributed by atoms with Gasteiger partial charge < -0.3 is 0 Å². The second-order valence-corrected chi connectivity index (χ2v) is 4.79. The quantitative estimate of drug-likeness (QED) is 0.596. The van der Waals surface area contributed by atoms with Crippen molar-refractivity contribution >= 4 is 28.3 Å². The van der Waals surface area contributed by atoms with Crippen LogP contribution < -0.4 is 0 Å². The van der Waals surface area contributed by atoms with Gasteiger partial charge in [0.05, 0.1) is 0 Å². The zero-order valence-corrected chi connectivity index (χ0v) is 10.6. The number of ketones is 1. The lowest BCUT2D eigenvalue weighted by Crippen LogP contribution is -2.04. The van der Waals surface area contributed by atoms with Crippen molar-refractivity contribution in [1.82, 2.24) is 0 Å². The molecule has 0 atom stereocenters. The van der Waals surface area contributed by atoms with Crippen molar-refractivity contribution < 1.29 is 4.79 Å². The summed E-state index contributed by atoms with van der Waals surface area (Å²) >= 11 is 1.62. The van der Waals surface area contributed by atoms with Gasteiger partial charge in [0.15, 0.2) is 5.78 Å². The van der Waals surface area contributed by atoms with Crippen molar-refractivity contribution in [3.63, 3.8) is 0 Å². The smallest absolute Gasteiger partial charge is 0.189 e. The summed E-state index contributed by atoms with van der Waals surface area (Å²) in [6, 6.07) is 13.8. The summed E-state index contributed by atoms with van der Waals surface area (Å²) in [6.07, 6.45) is 1.97. The molecule has 2 aromatic carbocycles. The molecule has 0 aliphatic rings. The van der Waals surface area contributed by atoms with E-state index in [1.165, 1.54) is 0 Å². The number of thioether (sulfide) groups is 1. The highest BCUT2D eigenvalue weighted by Crippen LogP contribution is 2.18. The minimum Gasteiger partial charge on any atom is -0.289 e. The Labute approximate surface area is 106 Å². The Morgan fingerprint density at radius 3 is 2.59 bits per heavy atom. The topological polar surface area (TPSA) is 17.1 Å². The normalized spacial score (nSPS) is 10.4. The summed E-state index contributed by atoms with van der Waals surface area (Å²) in [4.78, 5) is 12.1. The van der Waals surface area contributed by atoms with Gasteiger partial charge in [-0.1, -0.05) is 43.0 Å². The van der Waals surface area contributed by atoms with Crippen LogP contribution in [-0.2, 0) is 0 Å². The fourth-order valence-corrected chi connectivity index (χ4v) is 2.25. The van der Waals surface area contributed by atoms with E-state index in [2.05, 4.69) is 6.58 Å². The third kappa shape index (κ3) is 2.59. The maximum Gasteiger partial charge on any atom is 0.189 e. The fourth-order valence-electron chi connectivity index (χ4n) is 1.77. The van der Waals surface area contributed by atoms with Crippen LogP contribution in [0.15, 0.2) is 54.6 Å². The molecule has 0 aliphatic carbocycles. The van der Waals surface area contributed by atoms with Crippen LogP contribution in [-0.4, -0.2) is 17.8 Å². The molecule has 17 heavy (non-hydrogen) atoms. The lowest BCUT2D eigenvalue weighted by Gasteiger charge is -2.04. The summed E-state index contributed by atoms with van der Waals surface area (Å²) in [5.74, 6) is 0.733. The highest BCUT2D eigenvalue weighted by Gasteiger charge is 2.09. The molecule has 0 amide bonds. The summed E-state index contributed by atoms with van der Waals surface area (Å²) < 4.78 is 0. The van der Waals surface area contributed by atoms with E-state index in [-0.39, 0.29) is 5.78 Å². The molecule has 0 saturated heterocycles. The van der Waals surface area contributed by atoms with E-state index < -0.39 is 0 Å². The molecule has 0 aromatic heterocycles. The van der Waals surface area contributed by atoms with Gasteiger partial charge in [-0.3, -0.25) is 4.79 Å². The first kappa shape index (κ1) is 11.9. The minimum atomic E-state index is 0.0464. The summed E-state index contributed by atoms with van der Waals surface area (Å²) in [6.45, 7) is 3.83. The van der Waals surface area contributed by atoms with Crippen LogP contribution in [0.25, 0.3) is 10.8 Å². The van der Waals surface area contributed by atoms with Gasteiger partial charge >= 0.3 is 0 Å². The van der Waals surface area contributed by atoms with Crippen molar-refractivity contribution in [3.05, 3.63) is 60.2 Å². The SMILES string of the molecule is C=C(CSC)C(=O)c1ccc2ccccc2c1. The van der Waals surface area contributed by atoms with Crippen molar-refractivity contribution in [2.24, 2.45) is 0 Å². The van der Waals surface area contributed by atoms with Gasteiger partial charge in [-0.05, 0) is 23.1 Å². The number of carbonyl (C=O) groups excluding carboxylic acids is 1. The number of fused-ring (bicyclic) bond motifs is 1. The minimum absolute atomic E-state index is 0.0464. The molecule has 0 N–H and O–H groups in total. The predicted octanol–water partition coefficient (Wildman–Crippen LogP) is 3.94. The van der Waals surface area contributed by atoms with E-state index in [1.807, 2.05) is 48.7 Å². The summed E-state index contributed by atoms with van der Waals surface area (Å²) in [7, 11) is 0. The third-order valence-electron chi connectivity index (χ3n) is 2.65.